The zero-order valence-corrected chi connectivity index (χ0v) is 8.12. The fraction of sp³-hybridized carbons (Fsp3) is 0.0909. The highest BCUT2D eigenvalue weighted by Gasteiger charge is 1.95. The van der Waals surface area contributed by atoms with Crippen LogP contribution in [0.4, 0.5) is 0 Å². The van der Waals surface area contributed by atoms with Gasteiger partial charge in [0.15, 0.2) is 0 Å². The first-order chi connectivity index (χ1) is 6.25. The zero-order chi connectivity index (χ0) is 9.26. The van der Waals surface area contributed by atoms with E-state index in [1.54, 1.807) is 0 Å². The summed E-state index contributed by atoms with van der Waals surface area (Å²) in [6, 6.07) is 10.2. The van der Waals surface area contributed by atoms with Crippen molar-refractivity contribution in [2.75, 3.05) is 0 Å². The Bertz CT molecular complexity index is 400. The van der Waals surface area contributed by atoms with Crippen LogP contribution in [0, 0.1) is 6.92 Å². The lowest BCUT2D eigenvalue weighted by Crippen LogP contribution is -1.88. The molecule has 66 valence electrons. The highest BCUT2D eigenvalue weighted by Crippen LogP contribution is 2.14. The van der Waals surface area contributed by atoms with E-state index in [4.69, 9.17) is 11.6 Å². The van der Waals surface area contributed by atoms with Gasteiger partial charge in [-0.1, -0.05) is 29.3 Å². The lowest BCUT2D eigenvalue weighted by Gasteiger charge is -2.01. The van der Waals surface area contributed by atoms with Crippen LogP contribution in [0.3, 0.4) is 0 Å². The molecule has 0 fully saturated rings. The molecule has 2 rings (SSSR count). The minimum Gasteiger partial charge on any atom is -0.322 e. The van der Waals surface area contributed by atoms with Crippen molar-refractivity contribution in [3.05, 3.63) is 53.3 Å². The maximum atomic E-state index is 5.82. The predicted octanol–water partition coefficient (Wildman–Crippen LogP) is 3.44. The van der Waals surface area contributed by atoms with Crippen LogP contribution >= 0.6 is 11.6 Å². The van der Waals surface area contributed by atoms with E-state index in [0.717, 1.165) is 10.7 Å². The number of aryl methyl sites for hydroxylation is 1. The SMILES string of the molecule is Cc1ccc(-n2ccc(Cl)c2)cc1. The summed E-state index contributed by atoms with van der Waals surface area (Å²) in [5, 5.41) is 0.764. The molecule has 0 aliphatic rings. The minimum absolute atomic E-state index is 0.764. The normalized spacial score (nSPS) is 10.3. The van der Waals surface area contributed by atoms with Crippen molar-refractivity contribution in [2.45, 2.75) is 6.92 Å². The standard InChI is InChI=1S/C11H10ClN/c1-9-2-4-11(5-3-9)13-7-6-10(12)8-13/h2-8H,1H3. The maximum Gasteiger partial charge on any atom is 0.0586 e. The van der Waals surface area contributed by atoms with Crippen molar-refractivity contribution >= 4 is 11.6 Å². The molecule has 1 aromatic heterocycles. The Labute approximate surface area is 82.6 Å². The van der Waals surface area contributed by atoms with E-state index >= 15 is 0 Å². The molecule has 0 aliphatic carbocycles. The molecular formula is C11H10ClN. The van der Waals surface area contributed by atoms with Gasteiger partial charge in [-0.05, 0) is 25.1 Å². The number of rotatable bonds is 1. The Hall–Kier alpha value is -1.21. The van der Waals surface area contributed by atoms with Crippen LogP contribution in [0.25, 0.3) is 5.69 Å². The van der Waals surface area contributed by atoms with E-state index in [1.165, 1.54) is 5.56 Å². The summed E-state index contributed by atoms with van der Waals surface area (Å²) < 4.78 is 2.00. The Morgan fingerprint density at radius 2 is 1.77 bits per heavy atom. The third-order valence-corrected chi connectivity index (χ3v) is 2.21. The molecule has 0 radical (unpaired) electrons. The predicted molar refractivity (Wildman–Crippen MR) is 55.5 cm³/mol. The van der Waals surface area contributed by atoms with Gasteiger partial charge in [0.05, 0.1) is 5.02 Å². The Morgan fingerprint density at radius 3 is 2.31 bits per heavy atom. The van der Waals surface area contributed by atoms with Crippen molar-refractivity contribution in [2.24, 2.45) is 0 Å². The number of nitrogens with zero attached hydrogens (tertiary/aromatic N) is 1. The molecule has 13 heavy (non-hydrogen) atoms. The molecule has 0 spiro atoms. The fourth-order valence-electron chi connectivity index (χ4n) is 1.25. The van der Waals surface area contributed by atoms with Gasteiger partial charge in [-0.25, -0.2) is 0 Å². The van der Waals surface area contributed by atoms with E-state index in [-0.39, 0.29) is 0 Å². The average Bonchev–Trinajstić information content (AvgIpc) is 2.53. The van der Waals surface area contributed by atoms with Crippen LogP contribution in [-0.4, -0.2) is 4.57 Å². The maximum absolute atomic E-state index is 5.82. The summed E-state index contributed by atoms with van der Waals surface area (Å²) in [4.78, 5) is 0. The monoisotopic (exact) mass is 191 g/mol. The molecule has 0 unspecified atom stereocenters. The van der Waals surface area contributed by atoms with Gasteiger partial charge in [0.25, 0.3) is 0 Å². The topological polar surface area (TPSA) is 4.93 Å². The van der Waals surface area contributed by atoms with Crippen molar-refractivity contribution in [3.8, 4) is 5.69 Å². The fourth-order valence-corrected chi connectivity index (χ4v) is 1.41. The van der Waals surface area contributed by atoms with Crippen LogP contribution in [0.2, 0.25) is 5.02 Å². The molecule has 0 atom stereocenters. The van der Waals surface area contributed by atoms with Crippen molar-refractivity contribution in [1.82, 2.24) is 4.57 Å². The number of aromatic nitrogens is 1. The van der Waals surface area contributed by atoms with E-state index in [9.17, 15) is 0 Å². The molecule has 0 bridgehead atoms. The molecule has 1 nitrogen and oxygen atoms in total. The third kappa shape index (κ3) is 1.76. The number of halogens is 1. The van der Waals surface area contributed by atoms with Crippen molar-refractivity contribution < 1.29 is 0 Å². The van der Waals surface area contributed by atoms with E-state index in [0.29, 0.717) is 0 Å². The molecule has 0 aliphatic heterocycles. The van der Waals surface area contributed by atoms with Gasteiger partial charge < -0.3 is 4.57 Å². The highest BCUT2D eigenvalue weighted by atomic mass is 35.5. The Morgan fingerprint density at radius 1 is 1.08 bits per heavy atom. The first-order valence-electron chi connectivity index (χ1n) is 4.16. The number of hydrogen-bond donors (Lipinski definition) is 0. The second-order valence-corrected chi connectivity index (χ2v) is 3.51. The smallest absolute Gasteiger partial charge is 0.0586 e. The Balaban J connectivity index is 2.41. The van der Waals surface area contributed by atoms with Gasteiger partial charge in [0, 0.05) is 18.1 Å². The molecule has 2 aromatic rings. The summed E-state index contributed by atoms with van der Waals surface area (Å²) in [6.07, 6.45) is 3.85. The van der Waals surface area contributed by atoms with Crippen LogP contribution in [0.15, 0.2) is 42.7 Å². The summed E-state index contributed by atoms with van der Waals surface area (Å²) in [6.45, 7) is 2.08. The molecule has 0 N–H and O–H groups in total. The second-order valence-electron chi connectivity index (χ2n) is 3.07. The average molecular weight is 192 g/mol. The molecule has 0 saturated heterocycles. The van der Waals surface area contributed by atoms with E-state index < -0.39 is 0 Å². The minimum atomic E-state index is 0.764. The van der Waals surface area contributed by atoms with Crippen LogP contribution in [0.1, 0.15) is 5.56 Å². The van der Waals surface area contributed by atoms with Crippen molar-refractivity contribution in [3.63, 3.8) is 0 Å². The van der Waals surface area contributed by atoms with Gasteiger partial charge in [-0.15, -0.1) is 0 Å². The number of benzene rings is 1. The lowest BCUT2D eigenvalue weighted by atomic mass is 10.2. The van der Waals surface area contributed by atoms with Crippen LogP contribution in [-0.2, 0) is 0 Å². The van der Waals surface area contributed by atoms with Gasteiger partial charge in [0.2, 0.25) is 0 Å². The summed E-state index contributed by atoms with van der Waals surface area (Å²) in [5.74, 6) is 0. The largest absolute Gasteiger partial charge is 0.322 e. The van der Waals surface area contributed by atoms with E-state index in [2.05, 4.69) is 31.2 Å². The van der Waals surface area contributed by atoms with Gasteiger partial charge in [-0.2, -0.15) is 0 Å². The molecular weight excluding hydrogens is 182 g/mol. The molecule has 1 aromatic carbocycles. The van der Waals surface area contributed by atoms with Gasteiger partial charge in [-0.3, -0.25) is 0 Å². The first kappa shape index (κ1) is 8.39. The number of hydrogen-bond acceptors (Lipinski definition) is 0. The Kier molecular flexibility index (Phi) is 2.11. The first-order valence-corrected chi connectivity index (χ1v) is 4.54. The van der Waals surface area contributed by atoms with E-state index in [1.807, 2.05) is 23.0 Å². The van der Waals surface area contributed by atoms with Crippen LogP contribution < -0.4 is 0 Å². The van der Waals surface area contributed by atoms with Crippen LogP contribution in [0.5, 0.6) is 0 Å². The van der Waals surface area contributed by atoms with Gasteiger partial charge in [0.1, 0.15) is 0 Å². The lowest BCUT2D eigenvalue weighted by molar-refractivity contribution is 1.08. The van der Waals surface area contributed by atoms with Gasteiger partial charge >= 0.3 is 0 Å². The highest BCUT2D eigenvalue weighted by molar-refractivity contribution is 6.30. The zero-order valence-electron chi connectivity index (χ0n) is 7.37. The molecule has 2 heteroatoms. The van der Waals surface area contributed by atoms with Crippen molar-refractivity contribution in [1.29, 1.82) is 0 Å². The molecule has 0 amide bonds. The summed E-state index contributed by atoms with van der Waals surface area (Å²) in [7, 11) is 0. The third-order valence-electron chi connectivity index (χ3n) is 1.99. The molecule has 0 saturated carbocycles. The quantitative estimate of drug-likeness (QED) is 0.651. The second kappa shape index (κ2) is 3.27. The molecule has 1 heterocycles. The summed E-state index contributed by atoms with van der Waals surface area (Å²) >= 11 is 5.82. The summed E-state index contributed by atoms with van der Waals surface area (Å²) in [5.41, 5.74) is 2.40.